The lowest BCUT2D eigenvalue weighted by atomic mass is 9.44. The number of carbonyl (C=O) groups is 1. The molecule has 0 saturated heterocycles. The highest BCUT2D eigenvalue weighted by Gasteiger charge is 2.63. The molecule has 0 aromatic carbocycles. The van der Waals surface area contributed by atoms with Crippen molar-refractivity contribution >= 4 is 5.78 Å². The van der Waals surface area contributed by atoms with Gasteiger partial charge in [0, 0.05) is 11.8 Å². The molecule has 0 aromatic rings. The van der Waals surface area contributed by atoms with E-state index in [1.165, 1.54) is 18.4 Å². The fraction of sp³-hybridized carbons (Fsp3) is 0.864. The summed E-state index contributed by atoms with van der Waals surface area (Å²) in [5, 5.41) is 11.0. The van der Waals surface area contributed by atoms with Crippen LogP contribution < -0.4 is 0 Å². The molecule has 2 nitrogen and oxygen atoms in total. The van der Waals surface area contributed by atoms with Crippen LogP contribution in [0.5, 0.6) is 0 Å². The number of ketones is 1. The lowest BCUT2D eigenvalue weighted by Gasteiger charge is -2.60. The summed E-state index contributed by atoms with van der Waals surface area (Å²) in [7, 11) is 0. The number of Topliss-reactive ketones (excluding diaryl/α,β-unsaturated/α-hetero) is 1. The summed E-state index contributed by atoms with van der Waals surface area (Å²) >= 11 is 0. The van der Waals surface area contributed by atoms with E-state index in [0.29, 0.717) is 23.5 Å². The number of rotatable bonds is 0. The van der Waals surface area contributed by atoms with Crippen molar-refractivity contribution in [1.82, 2.24) is 0 Å². The molecule has 4 aliphatic rings. The van der Waals surface area contributed by atoms with Crippen LogP contribution in [0, 0.1) is 34.0 Å². The zero-order chi connectivity index (χ0) is 17.5. The van der Waals surface area contributed by atoms with Crippen LogP contribution in [0.1, 0.15) is 79.6 Å². The van der Waals surface area contributed by atoms with Crippen LogP contribution in [0.3, 0.4) is 0 Å². The standard InChI is InChI=1S/C22H34O2/c1-19(2)17-7-6-14-15(20(17,3)11-10-18(19)23)8-12-21(4)16(14)9-13-22(21,5)24/h7,14-16,24H,6,8-13H2,1-5H3/t14-,15+,16-,20+,21-,22+/m1/s1. The van der Waals surface area contributed by atoms with Gasteiger partial charge in [0.2, 0.25) is 0 Å². The topological polar surface area (TPSA) is 37.3 Å². The lowest BCUT2D eigenvalue weighted by Crippen LogP contribution is -2.55. The largest absolute Gasteiger partial charge is 0.390 e. The second-order valence-electron chi connectivity index (χ2n) is 10.5. The van der Waals surface area contributed by atoms with E-state index in [1.807, 2.05) is 0 Å². The van der Waals surface area contributed by atoms with Crippen molar-refractivity contribution in [3.05, 3.63) is 11.6 Å². The number of aliphatic hydroxyl groups is 1. The second kappa shape index (κ2) is 4.75. The molecule has 134 valence electrons. The molecule has 0 aliphatic heterocycles. The minimum atomic E-state index is -0.505. The predicted molar refractivity (Wildman–Crippen MR) is 96.5 cm³/mol. The van der Waals surface area contributed by atoms with Crippen LogP contribution in [0.2, 0.25) is 0 Å². The van der Waals surface area contributed by atoms with Gasteiger partial charge in [-0.25, -0.2) is 0 Å². The first-order valence-electron chi connectivity index (χ1n) is 10.0. The summed E-state index contributed by atoms with van der Waals surface area (Å²) in [6.45, 7) is 11.1. The fourth-order valence-corrected chi connectivity index (χ4v) is 7.46. The van der Waals surface area contributed by atoms with Crippen LogP contribution in [0.15, 0.2) is 11.6 Å². The average Bonchev–Trinajstić information content (AvgIpc) is 2.74. The highest BCUT2D eigenvalue weighted by molar-refractivity contribution is 5.89. The average molecular weight is 331 g/mol. The van der Waals surface area contributed by atoms with E-state index in [-0.39, 0.29) is 16.2 Å². The van der Waals surface area contributed by atoms with Crippen molar-refractivity contribution in [3.8, 4) is 0 Å². The summed E-state index contributed by atoms with van der Waals surface area (Å²) in [6.07, 6.45) is 9.81. The Kier molecular flexibility index (Phi) is 3.33. The lowest BCUT2D eigenvalue weighted by molar-refractivity contribution is -0.135. The van der Waals surface area contributed by atoms with Crippen molar-refractivity contribution in [2.24, 2.45) is 34.0 Å². The van der Waals surface area contributed by atoms with Gasteiger partial charge in [0.15, 0.2) is 0 Å². The molecule has 0 amide bonds. The Morgan fingerprint density at radius 2 is 1.67 bits per heavy atom. The molecular weight excluding hydrogens is 296 g/mol. The normalized spacial score (nSPS) is 53.0. The number of fused-ring (bicyclic) bond motifs is 5. The van der Waals surface area contributed by atoms with Crippen LogP contribution in [0.4, 0.5) is 0 Å². The number of hydrogen-bond acceptors (Lipinski definition) is 2. The maximum Gasteiger partial charge on any atom is 0.142 e. The first kappa shape index (κ1) is 16.8. The molecule has 3 fully saturated rings. The zero-order valence-corrected chi connectivity index (χ0v) is 16.1. The third-order valence-electron chi connectivity index (χ3n) is 9.27. The van der Waals surface area contributed by atoms with Crippen molar-refractivity contribution in [2.75, 3.05) is 0 Å². The Balaban J connectivity index is 1.75. The molecule has 3 saturated carbocycles. The van der Waals surface area contributed by atoms with E-state index >= 15 is 0 Å². The Labute approximate surface area is 147 Å². The number of allylic oxidation sites excluding steroid dienone is 2. The molecule has 4 aliphatic carbocycles. The maximum absolute atomic E-state index is 12.5. The van der Waals surface area contributed by atoms with Gasteiger partial charge in [0.25, 0.3) is 0 Å². The second-order valence-corrected chi connectivity index (χ2v) is 10.5. The Morgan fingerprint density at radius 3 is 2.38 bits per heavy atom. The minimum absolute atomic E-state index is 0.0792. The van der Waals surface area contributed by atoms with E-state index in [0.717, 1.165) is 32.1 Å². The van der Waals surface area contributed by atoms with Gasteiger partial charge in [-0.2, -0.15) is 0 Å². The molecule has 0 spiro atoms. The van der Waals surface area contributed by atoms with E-state index in [2.05, 4.69) is 40.7 Å². The van der Waals surface area contributed by atoms with Crippen molar-refractivity contribution in [1.29, 1.82) is 0 Å². The molecule has 6 atom stereocenters. The van der Waals surface area contributed by atoms with E-state index in [4.69, 9.17) is 0 Å². The third kappa shape index (κ3) is 1.84. The SMILES string of the molecule is CC1(C)C(=O)CC[C@]2(C)C1=CC[C@H]1[C@H]3CC[C@](C)(O)[C@]3(C)CC[C@@H]12. The molecular formula is C22H34O2. The minimum Gasteiger partial charge on any atom is -0.390 e. The maximum atomic E-state index is 12.5. The van der Waals surface area contributed by atoms with Crippen molar-refractivity contribution < 1.29 is 9.90 Å². The van der Waals surface area contributed by atoms with Crippen LogP contribution >= 0.6 is 0 Å². The fourth-order valence-electron chi connectivity index (χ4n) is 7.46. The molecule has 0 radical (unpaired) electrons. The molecule has 0 bridgehead atoms. The van der Waals surface area contributed by atoms with Crippen molar-refractivity contribution in [2.45, 2.75) is 85.2 Å². The van der Waals surface area contributed by atoms with Gasteiger partial charge in [0.05, 0.1) is 5.60 Å². The number of carbonyl (C=O) groups excluding carboxylic acids is 1. The van der Waals surface area contributed by atoms with E-state index in [9.17, 15) is 9.90 Å². The Hall–Kier alpha value is -0.630. The molecule has 2 heteroatoms. The molecule has 0 unspecified atom stereocenters. The van der Waals surface area contributed by atoms with Gasteiger partial charge in [-0.05, 0) is 87.9 Å². The Bertz CT molecular complexity index is 613. The first-order chi connectivity index (χ1) is 11.0. The molecule has 0 heterocycles. The quantitative estimate of drug-likeness (QED) is 0.641. The predicted octanol–water partition coefficient (Wildman–Crippen LogP) is 4.91. The van der Waals surface area contributed by atoms with Gasteiger partial charge in [0.1, 0.15) is 5.78 Å². The van der Waals surface area contributed by atoms with Crippen LogP contribution in [0.25, 0.3) is 0 Å². The number of hydrogen-bond donors (Lipinski definition) is 1. The molecule has 0 aromatic heterocycles. The van der Waals surface area contributed by atoms with Gasteiger partial charge >= 0.3 is 0 Å². The van der Waals surface area contributed by atoms with Gasteiger partial charge in [-0.1, -0.05) is 25.5 Å². The molecule has 1 N–H and O–H groups in total. The van der Waals surface area contributed by atoms with Gasteiger partial charge in [-0.15, -0.1) is 0 Å². The molecule has 24 heavy (non-hydrogen) atoms. The summed E-state index contributed by atoms with van der Waals surface area (Å²) in [6, 6.07) is 0. The monoisotopic (exact) mass is 330 g/mol. The Morgan fingerprint density at radius 1 is 1.00 bits per heavy atom. The highest BCUT2D eigenvalue weighted by atomic mass is 16.3. The highest BCUT2D eigenvalue weighted by Crippen LogP contribution is 2.68. The smallest absolute Gasteiger partial charge is 0.142 e. The van der Waals surface area contributed by atoms with E-state index < -0.39 is 5.60 Å². The van der Waals surface area contributed by atoms with Gasteiger partial charge in [-0.3, -0.25) is 4.79 Å². The summed E-state index contributed by atoms with van der Waals surface area (Å²) in [5.41, 5.74) is 0.919. The summed E-state index contributed by atoms with van der Waals surface area (Å²) in [5.74, 6) is 2.45. The van der Waals surface area contributed by atoms with Crippen molar-refractivity contribution in [3.63, 3.8) is 0 Å². The zero-order valence-electron chi connectivity index (χ0n) is 16.1. The molecule has 4 rings (SSSR count). The summed E-state index contributed by atoms with van der Waals surface area (Å²) in [4.78, 5) is 12.5. The van der Waals surface area contributed by atoms with E-state index in [1.54, 1.807) is 0 Å². The van der Waals surface area contributed by atoms with Gasteiger partial charge < -0.3 is 5.11 Å². The third-order valence-corrected chi connectivity index (χ3v) is 9.27. The van der Waals surface area contributed by atoms with Crippen LogP contribution in [-0.2, 0) is 4.79 Å². The van der Waals surface area contributed by atoms with Crippen LogP contribution in [-0.4, -0.2) is 16.5 Å². The summed E-state index contributed by atoms with van der Waals surface area (Å²) < 4.78 is 0. The first-order valence-corrected chi connectivity index (χ1v) is 10.0.